The first-order valence-electron chi connectivity index (χ1n) is 11.8. The van der Waals surface area contributed by atoms with Crippen LogP contribution in [0.2, 0.25) is 0 Å². The number of carbonyl (C=O) groups is 3. The van der Waals surface area contributed by atoms with Gasteiger partial charge in [-0.25, -0.2) is 4.79 Å². The molecule has 1 unspecified atom stereocenters. The molecule has 3 heterocycles. The molecule has 3 aliphatic rings. The Labute approximate surface area is 199 Å². The van der Waals surface area contributed by atoms with Crippen molar-refractivity contribution in [2.45, 2.75) is 26.2 Å². The Balaban J connectivity index is 1.29. The largest absolute Gasteiger partial charge is 0.465 e. The van der Waals surface area contributed by atoms with E-state index in [4.69, 9.17) is 9.47 Å². The summed E-state index contributed by atoms with van der Waals surface area (Å²) in [5, 5.41) is 3.57. The third-order valence-corrected chi connectivity index (χ3v) is 7.88. The van der Waals surface area contributed by atoms with Crippen LogP contribution in [0.25, 0.3) is 0 Å². The average molecular weight is 479 g/mol. The Hall–Kier alpha value is -2.01. The summed E-state index contributed by atoms with van der Waals surface area (Å²) < 4.78 is 10.3. The van der Waals surface area contributed by atoms with E-state index >= 15 is 0 Å². The lowest BCUT2D eigenvalue weighted by Gasteiger charge is -2.36. The number of anilines is 1. The molecule has 2 fully saturated rings. The molecule has 2 saturated heterocycles. The molecule has 4 rings (SSSR count). The van der Waals surface area contributed by atoms with Gasteiger partial charge in [-0.15, -0.1) is 11.3 Å². The van der Waals surface area contributed by atoms with Crippen molar-refractivity contribution in [1.29, 1.82) is 0 Å². The predicted molar refractivity (Wildman–Crippen MR) is 126 cm³/mol. The van der Waals surface area contributed by atoms with Gasteiger partial charge < -0.3 is 19.7 Å². The molecule has 1 aliphatic carbocycles. The lowest BCUT2D eigenvalue weighted by molar-refractivity contribution is -0.135. The number of methoxy groups -OCH3 is 1. The molecule has 9 nitrogen and oxygen atoms in total. The summed E-state index contributed by atoms with van der Waals surface area (Å²) in [6.45, 7) is 8.39. The highest BCUT2D eigenvalue weighted by molar-refractivity contribution is 7.17. The zero-order chi connectivity index (χ0) is 23.4. The third kappa shape index (κ3) is 5.92. The van der Waals surface area contributed by atoms with Crippen molar-refractivity contribution in [3.05, 3.63) is 16.0 Å². The summed E-state index contributed by atoms with van der Waals surface area (Å²) >= 11 is 1.50. The van der Waals surface area contributed by atoms with Crippen LogP contribution < -0.4 is 5.32 Å². The van der Waals surface area contributed by atoms with Gasteiger partial charge in [-0.3, -0.25) is 19.4 Å². The zero-order valence-electron chi connectivity index (χ0n) is 19.6. The highest BCUT2D eigenvalue weighted by Crippen LogP contribution is 2.40. The van der Waals surface area contributed by atoms with E-state index in [9.17, 15) is 14.4 Å². The summed E-state index contributed by atoms with van der Waals surface area (Å²) in [6.07, 6.45) is 2.81. The standard InChI is InChI=1S/C23H34N4O5S/c1-16-3-4-17-18(13-16)33-22(21(17)23(30)31-2)24-19(28)14-25-5-7-27(8-6-25)20(29)15-26-9-11-32-12-10-26/h16H,3-15H2,1-2H3,(H,24,28). The summed E-state index contributed by atoms with van der Waals surface area (Å²) in [6, 6.07) is 0. The quantitative estimate of drug-likeness (QED) is 0.612. The van der Waals surface area contributed by atoms with Crippen molar-refractivity contribution in [3.8, 4) is 0 Å². The van der Waals surface area contributed by atoms with Crippen molar-refractivity contribution >= 4 is 34.1 Å². The molecule has 2 aliphatic heterocycles. The Morgan fingerprint density at radius 3 is 2.45 bits per heavy atom. The molecule has 0 saturated carbocycles. The molecule has 182 valence electrons. The number of hydrogen-bond acceptors (Lipinski definition) is 8. The van der Waals surface area contributed by atoms with Gasteiger partial charge in [0, 0.05) is 44.1 Å². The highest BCUT2D eigenvalue weighted by atomic mass is 32.1. The van der Waals surface area contributed by atoms with E-state index in [1.54, 1.807) is 0 Å². The highest BCUT2D eigenvalue weighted by Gasteiger charge is 2.30. The van der Waals surface area contributed by atoms with Crippen LogP contribution in [0.5, 0.6) is 0 Å². The predicted octanol–water partition coefficient (Wildman–Crippen LogP) is 1.07. The Morgan fingerprint density at radius 1 is 1.06 bits per heavy atom. The van der Waals surface area contributed by atoms with Crippen LogP contribution in [0, 0.1) is 5.92 Å². The van der Waals surface area contributed by atoms with E-state index in [0.717, 1.165) is 37.9 Å². The number of amides is 2. The molecule has 2 amide bonds. The average Bonchev–Trinajstić information content (AvgIpc) is 3.16. The SMILES string of the molecule is COC(=O)c1c(NC(=O)CN2CCN(C(=O)CN3CCOCC3)CC2)sc2c1CCC(C)C2. The lowest BCUT2D eigenvalue weighted by atomic mass is 9.88. The number of carbonyl (C=O) groups excluding carboxylic acids is 3. The fourth-order valence-electron chi connectivity index (χ4n) is 4.73. The van der Waals surface area contributed by atoms with Crippen LogP contribution in [0.3, 0.4) is 0 Å². The number of esters is 1. The van der Waals surface area contributed by atoms with Gasteiger partial charge in [-0.1, -0.05) is 6.92 Å². The minimum atomic E-state index is -0.384. The molecular formula is C23H34N4O5S. The Morgan fingerprint density at radius 2 is 1.76 bits per heavy atom. The van der Waals surface area contributed by atoms with Crippen molar-refractivity contribution < 1.29 is 23.9 Å². The molecule has 0 radical (unpaired) electrons. The second-order valence-corrected chi connectivity index (χ2v) is 10.2. The molecule has 0 bridgehead atoms. The van der Waals surface area contributed by atoms with Crippen LogP contribution in [0.4, 0.5) is 5.00 Å². The minimum Gasteiger partial charge on any atom is -0.465 e. The van der Waals surface area contributed by atoms with Crippen LogP contribution in [0.15, 0.2) is 0 Å². The summed E-state index contributed by atoms with van der Waals surface area (Å²) in [5.41, 5.74) is 1.56. The van der Waals surface area contributed by atoms with E-state index < -0.39 is 0 Å². The van der Waals surface area contributed by atoms with Crippen molar-refractivity contribution in [1.82, 2.24) is 14.7 Å². The maximum atomic E-state index is 12.8. The van der Waals surface area contributed by atoms with E-state index in [2.05, 4.69) is 22.0 Å². The van der Waals surface area contributed by atoms with Crippen LogP contribution in [-0.2, 0) is 31.9 Å². The fourth-order valence-corrected chi connectivity index (χ4v) is 6.15. The maximum absolute atomic E-state index is 12.8. The van der Waals surface area contributed by atoms with Gasteiger partial charge in [0.05, 0.1) is 39.0 Å². The van der Waals surface area contributed by atoms with Crippen molar-refractivity contribution in [2.75, 3.05) is 78.0 Å². The van der Waals surface area contributed by atoms with Gasteiger partial charge in [0.25, 0.3) is 0 Å². The fraction of sp³-hybridized carbons (Fsp3) is 0.696. The van der Waals surface area contributed by atoms with Crippen LogP contribution >= 0.6 is 11.3 Å². The van der Waals surface area contributed by atoms with Crippen LogP contribution in [0.1, 0.15) is 34.1 Å². The number of nitrogens with one attached hydrogen (secondary N) is 1. The van der Waals surface area contributed by atoms with Gasteiger partial charge >= 0.3 is 5.97 Å². The molecule has 1 aromatic rings. The van der Waals surface area contributed by atoms with E-state index in [0.29, 0.717) is 62.4 Å². The molecule has 33 heavy (non-hydrogen) atoms. The Kier molecular flexibility index (Phi) is 8.00. The lowest BCUT2D eigenvalue weighted by Crippen LogP contribution is -2.53. The van der Waals surface area contributed by atoms with Gasteiger partial charge in [0.1, 0.15) is 5.00 Å². The number of ether oxygens (including phenoxy) is 2. The first-order valence-corrected chi connectivity index (χ1v) is 12.6. The van der Waals surface area contributed by atoms with Crippen molar-refractivity contribution in [2.24, 2.45) is 5.92 Å². The molecule has 0 spiro atoms. The zero-order valence-corrected chi connectivity index (χ0v) is 20.4. The number of rotatable bonds is 6. The van der Waals surface area contributed by atoms with Crippen LogP contribution in [-0.4, -0.2) is 105 Å². The topological polar surface area (TPSA) is 91.4 Å². The van der Waals surface area contributed by atoms with E-state index in [1.807, 2.05) is 4.90 Å². The first-order chi connectivity index (χ1) is 15.9. The second-order valence-electron chi connectivity index (χ2n) is 9.14. The molecular weight excluding hydrogens is 444 g/mol. The number of thiophene rings is 1. The number of nitrogens with zero attached hydrogens (tertiary/aromatic N) is 3. The monoisotopic (exact) mass is 478 g/mol. The van der Waals surface area contributed by atoms with Gasteiger partial charge in [0.15, 0.2) is 0 Å². The maximum Gasteiger partial charge on any atom is 0.341 e. The van der Waals surface area contributed by atoms with Crippen molar-refractivity contribution in [3.63, 3.8) is 0 Å². The normalized spacial score (nSPS) is 22.0. The molecule has 1 atom stereocenters. The van der Waals surface area contributed by atoms with Gasteiger partial charge in [-0.2, -0.15) is 0 Å². The second kappa shape index (κ2) is 10.9. The minimum absolute atomic E-state index is 0.139. The first kappa shape index (κ1) is 24.1. The molecule has 1 N–H and O–H groups in total. The number of fused-ring (bicyclic) bond motifs is 1. The number of hydrogen-bond donors (Lipinski definition) is 1. The summed E-state index contributed by atoms with van der Waals surface area (Å²) in [7, 11) is 1.38. The smallest absolute Gasteiger partial charge is 0.341 e. The van der Waals surface area contributed by atoms with E-state index in [1.165, 1.54) is 23.3 Å². The molecule has 0 aromatic carbocycles. The molecule has 10 heteroatoms. The number of piperazine rings is 1. The van der Waals surface area contributed by atoms with Gasteiger partial charge in [-0.05, 0) is 30.7 Å². The Bertz CT molecular complexity index is 874. The van der Waals surface area contributed by atoms with Gasteiger partial charge in [0.2, 0.25) is 11.8 Å². The third-order valence-electron chi connectivity index (χ3n) is 6.71. The number of morpholine rings is 1. The molecule has 1 aromatic heterocycles. The summed E-state index contributed by atoms with van der Waals surface area (Å²) in [5.74, 6) is 0.194. The van der Waals surface area contributed by atoms with E-state index in [-0.39, 0.29) is 24.3 Å². The summed E-state index contributed by atoms with van der Waals surface area (Å²) in [4.78, 5) is 45.1.